The van der Waals surface area contributed by atoms with Crippen molar-refractivity contribution in [3.63, 3.8) is 0 Å². The highest BCUT2D eigenvalue weighted by molar-refractivity contribution is 7.15. The van der Waals surface area contributed by atoms with Gasteiger partial charge in [-0.1, -0.05) is 18.2 Å². The first-order valence-electron chi connectivity index (χ1n) is 8.16. The van der Waals surface area contributed by atoms with Gasteiger partial charge in [-0.15, -0.1) is 11.3 Å². The number of nitrogens with one attached hydrogen (secondary N) is 2. The largest absolute Gasteiger partial charge is 0.416 e. The third-order valence-electron chi connectivity index (χ3n) is 3.96. The van der Waals surface area contributed by atoms with Gasteiger partial charge in [-0.05, 0) is 30.3 Å². The van der Waals surface area contributed by atoms with Crippen LogP contribution >= 0.6 is 11.3 Å². The number of halogens is 3. The van der Waals surface area contributed by atoms with Crippen LogP contribution in [0, 0.1) is 0 Å². The van der Waals surface area contributed by atoms with Crippen LogP contribution < -0.4 is 10.6 Å². The maximum absolute atomic E-state index is 12.8. The van der Waals surface area contributed by atoms with E-state index in [1.165, 1.54) is 23.5 Å². The predicted octanol–water partition coefficient (Wildman–Crippen LogP) is 5.73. The van der Waals surface area contributed by atoms with Gasteiger partial charge in [-0.3, -0.25) is 4.40 Å². The van der Waals surface area contributed by atoms with Crippen molar-refractivity contribution in [2.75, 3.05) is 10.6 Å². The molecule has 0 fully saturated rings. The topological polar surface area (TPSA) is 58.4 Å². The summed E-state index contributed by atoms with van der Waals surface area (Å²) in [6.45, 7) is 0. The maximum Gasteiger partial charge on any atom is 0.416 e. The Morgan fingerprint density at radius 3 is 2.46 bits per heavy atom. The highest BCUT2D eigenvalue weighted by Gasteiger charge is 2.30. The number of aromatic nitrogens is 2. The smallest absolute Gasteiger partial charge is 0.308 e. The third-order valence-corrected chi connectivity index (χ3v) is 4.73. The molecule has 0 saturated carbocycles. The standard InChI is InChI=1S/C19H13F3N4OS/c20-19(21,22)13-4-2-6-15(10-13)24-17(27)23-14-5-1-3-12(9-14)16-11-26-7-8-28-18(26)25-16/h1-11H,(H2,23,24,27). The van der Waals surface area contributed by atoms with Crippen molar-refractivity contribution in [3.8, 4) is 11.3 Å². The van der Waals surface area contributed by atoms with E-state index in [1.807, 2.05) is 28.2 Å². The number of alkyl halides is 3. The summed E-state index contributed by atoms with van der Waals surface area (Å²) in [4.78, 5) is 17.5. The Balaban J connectivity index is 1.48. The first-order valence-corrected chi connectivity index (χ1v) is 9.04. The zero-order valence-electron chi connectivity index (χ0n) is 14.2. The first kappa shape index (κ1) is 18.1. The van der Waals surface area contributed by atoms with Crippen molar-refractivity contribution in [3.05, 3.63) is 71.9 Å². The molecule has 142 valence electrons. The minimum Gasteiger partial charge on any atom is -0.308 e. The molecule has 2 aromatic carbocycles. The van der Waals surface area contributed by atoms with Crippen LogP contribution in [-0.4, -0.2) is 15.4 Å². The van der Waals surface area contributed by atoms with Gasteiger partial charge in [0.05, 0.1) is 11.3 Å². The van der Waals surface area contributed by atoms with E-state index < -0.39 is 17.8 Å². The van der Waals surface area contributed by atoms with E-state index >= 15 is 0 Å². The lowest BCUT2D eigenvalue weighted by Crippen LogP contribution is -2.19. The Kier molecular flexibility index (Phi) is 4.52. The molecule has 2 N–H and O–H groups in total. The molecule has 28 heavy (non-hydrogen) atoms. The number of anilines is 2. The summed E-state index contributed by atoms with van der Waals surface area (Å²) < 4.78 is 40.2. The number of amides is 2. The van der Waals surface area contributed by atoms with Crippen molar-refractivity contribution in [1.29, 1.82) is 0 Å². The zero-order chi connectivity index (χ0) is 19.7. The molecule has 4 rings (SSSR count). The quantitative estimate of drug-likeness (QED) is 0.460. The van der Waals surface area contributed by atoms with E-state index in [0.29, 0.717) is 5.69 Å². The highest BCUT2D eigenvalue weighted by Crippen LogP contribution is 2.30. The van der Waals surface area contributed by atoms with Gasteiger partial charge in [0.2, 0.25) is 0 Å². The Labute approximate surface area is 161 Å². The average molecular weight is 402 g/mol. The van der Waals surface area contributed by atoms with Gasteiger partial charge in [-0.25, -0.2) is 9.78 Å². The van der Waals surface area contributed by atoms with E-state index in [1.54, 1.807) is 18.2 Å². The number of hydrogen-bond donors (Lipinski definition) is 2. The van der Waals surface area contributed by atoms with E-state index in [2.05, 4.69) is 15.6 Å². The number of fused-ring (bicyclic) bond motifs is 1. The maximum atomic E-state index is 12.8. The highest BCUT2D eigenvalue weighted by atomic mass is 32.1. The summed E-state index contributed by atoms with van der Waals surface area (Å²) in [5.74, 6) is 0. The minimum absolute atomic E-state index is 0.0535. The van der Waals surface area contributed by atoms with Crippen molar-refractivity contribution in [1.82, 2.24) is 9.38 Å². The lowest BCUT2D eigenvalue weighted by Gasteiger charge is -2.11. The van der Waals surface area contributed by atoms with Gasteiger partial charge >= 0.3 is 12.2 Å². The summed E-state index contributed by atoms with van der Waals surface area (Å²) >= 11 is 1.51. The van der Waals surface area contributed by atoms with E-state index in [-0.39, 0.29) is 5.69 Å². The number of imidazole rings is 1. The fourth-order valence-electron chi connectivity index (χ4n) is 2.69. The number of carbonyl (C=O) groups is 1. The molecule has 2 amide bonds. The van der Waals surface area contributed by atoms with Crippen molar-refractivity contribution >= 4 is 33.7 Å². The molecule has 0 aliphatic carbocycles. The number of urea groups is 1. The molecule has 0 spiro atoms. The Hall–Kier alpha value is -3.33. The molecule has 4 aromatic rings. The summed E-state index contributed by atoms with van der Waals surface area (Å²) in [6.07, 6.45) is -0.685. The second-order valence-electron chi connectivity index (χ2n) is 5.96. The monoisotopic (exact) mass is 402 g/mol. The SMILES string of the molecule is O=C(Nc1cccc(-c2cn3ccsc3n2)c1)Nc1cccc(C(F)(F)F)c1. The van der Waals surface area contributed by atoms with Crippen LogP contribution in [0.2, 0.25) is 0 Å². The molecule has 0 radical (unpaired) electrons. The number of benzene rings is 2. The summed E-state index contributed by atoms with van der Waals surface area (Å²) in [5, 5.41) is 6.97. The fourth-order valence-corrected chi connectivity index (χ4v) is 3.39. The van der Waals surface area contributed by atoms with Gasteiger partial charge in [-0.2, -0.15) is 13.2 Å². The Bertz CT molecular complexity index is 1120. The molecule has 0 aliphatic rings. The number of nitrogens with zero attached hydrogens (tertiary/aromatic N) is 2. The van der Waals surface area contributed by atoms with E-state index in [4.69, 9.17) is 0 Å². The van der Waals surface area contributed by atoms with Crippen LogP contribution in [0.15, 0.2) is 66.3 Å². The summed E-state index contributed by atoms with van der Waals surface area (Å²) in [6, 6.07) is 10.9. The number of carbonyl (C=O) groups excluding carboxylic acids is 1. The van der Waals surface area contributed by atoms with Gasteiger partial charge in [0.1, 0.15) is 0 Å². The number of thiazole rings is 1. The second-order valence-corrected chi connectivity index (χ2v) is 6.83. The molecule has 2 heterocycles. The van der Waals surface area contributed by atoms with Crippen molar-refractivity contribution < 1.29 is 18.0 Å². The first-order chi connectivity index (χ1) is 13.4. The van der Waals surface area contributed by atoms with Gasteiger partial charge in [0.15, 0.2) is 4.96 Å². The normalized spacial score (nSPS) is 11.5. The molecular formula is C19H13F3N4OS. The number of rotatable bonds is 3. The summed E-state index contributed by atoms with van der Waals surface area (Å²) in [7, 11) is 0. The molecular weight excluding hydrogens is 389 g/mol. The van der Waals surface area contributed by atoms with E-state index in [0.717, 1.165) is 28.4 Å². The van der Waals surface area contributed by atoms with Crippen LogP contribution in [0.4, 0.5) is 29.3 Å². The van der Waals surface area contributed by atoms with Crippen molar-refractivity contribution in [2.45, 2.75) is 6.18 Å². The molecule has 5 nitrogen and oxygen atoms in total. The van der Waals surface area contributed by atoms with Crippen LogP contribution in [0.3, 0.4) is 0 Å². The molecule has 0 bridgehead atoms. The molecule has 0 saturated heterocycles. The van der Waals surface area contributed by atoms with Crippen LogP contribution in [0.5, 0.6) is 0 Å². The molecule has 0 unspecified atom stereocenters. The number of hydrogen-bond acceptors (Lipinski definition) is 3. The lowest BCUT2D eigenvalue weighted by atomic mass is 10.1. The van der Waals surface area contributed by atoms with E-state index in [9.17, 15) is 18.0 Å². The van der Waals surface area contributed by atoms with Gasteiger partial charge < -0.3 is 10.6 Å². The third kappa shape index (κ3) is 3.84. The lowest BCUT2D eigenvalue weighted by molar-refractivity contribution is -0.137. The Morgan fingerprint density at radius 1 is 1.04 bits per heavy atom. The second kappa shape index (κ2) is 7.01. The zero-order valence-corrected chi connectivity index (χ0v) is 15.0. The van der Waals surface area contributed by atoms with Crippen LogP contribution in [0.25, 0.3) is 16.2 Å². The van der Waals surface area contributed by atoms with Gasteiger partial charge in [0.25, 0.3) is 0 Å². The molecule has 2 aromatic heterocycles. The van der Waals surface area contributed by atoms with Crippen LogP contribution in [0.1, 0.15) is 5.56 Å². The minimum atomic E-state index is -4.47. The molecule has 0 aliphatic heterocycles. The average Bonchev–Trinajstić information content (AvgIpc) is 3.23. The van der Waals surface area contributed by atoms with Gasteiger partial charge in [0, 0.05) is 34.7 Å². The fraction of sp³-hybridized carbons (Fsp3) is 0.0526. The Morgan fingerprint density at radius 2 is 1.75 bits per heavy atom. The predicted molar refractivity (Wildman–Crippen MR) is 103 cm³/mol. The molecule has 0 atom stereocenters. The summed E-state index contributed by atoms with van der Waals surface area (Å²) in [5.41, 5.74) is 1.30. The molecule has 9 heteroatoms. The van der Waals surface area contributed by atoms with Crippen LogP contribution in [-0.2, 0) is 6.18 Å². The van der Waals surface area contributed by atoms with Crippen molar-refractivity contribution in [2.24, 2.45) is 0 Å².